The van der Waals surface area contributed by atoms with Crippen molar-refractivity contribution in [3.8, 4) is 0 Å². The number of sulfone groups is 1. The van der Waals surface area contributed by atoms with E-state index in [0.29, 0.717) is 5.56 Å². The van der Waals surface area contributed by atoms with Gasteiger partial charge in [-0.05, 0) is 29.8 Å². The van der Waals surface area contributed by atoms with Crippen LogP contribution in [-0.2, 0) is 14.6 Å². The Morgan fingerprint density at radius 1 is 1.13 bits per heavy atom. The minimum Gasteiger partial charge on any atom is -0.383 e. The lowest BCUT2D eigenvalue weighted by Crippen LogP contribution is -2.35. The Bertz CT molecular complexity index is 792. The third-order valence-electron chi connectivity index (χ3n) is 4.33. The first kappa shape index (κ1) is 16.1. The van der Waals surface area contributed by atoms with Crippen LogP contribution >= 0.6 is 0 Å². The van der Waals surface area contributed by atoms with Gasteiger partial charge in [0.25, 0.3) is 0 Å². The average Bonchev–Trinajstić information content (AvgIpc) is 3.15. The largest absolute Gasteiger partial charge is 0.383 e. The summed E-state index contributed by atoms with van der Waals surface area (Å²) in [5.74, 6) is -0.792. The molecule has 23 heavy (non-hydrogen) atoms. The highest BCUT2D eigenvalue weighted by Crippen LogP contribution is 2.55. The maximum Gasteiger partial charge on any atom is 0.183 e. The van der Waals surface area contributed by atoms with E-state index in [2.05, 4.69) is 0 Å². The van der Waals surface area contributed by atoms with Gasteiger partial charge in [0.15, 0.2) is 9.84 Å². The Hall–Kier alpha value is -1.76. The summed E-state index contributed by atoms with van der Waals surface area (Å²) in [7, 11) is -2.11. The number of halogens is 1. The minimum absolute atomic E-state index is 0.117. The molecule has 1 aliphatic rings. The number of methoxy groups -OCH3 is 1. The van der Waals surface area contributed by atoms with Crippen molar-refractivity contribution in [3.05, 3.63) is 66.0 Å². The number of nitrogens with two attached hydrogens (primary N) is 1. The lowest BCUT2D eigenvalue weighted by molar-refractivity contribution is 0.171. The van der Waals surface area contributed by atoms with Crippen LogP contribution in [0, 0.1) is 5.82 Å². The second-order valence-electron chi connectivity index (χ2n) is 5.85. The smallest absolute Gasteiger partial charge is 0.183 e. The first-order chi connectivity index (χ1) is 10.9. The Kier molecular flexibility index (Phi) is 4.00. The highest BCUT2D eigenvalue weighted by molar-refractivity contribution is 7.92. The van der Waals surface area contributed by atoms with Crippen molar-refractivity contribution in [1.29, 1.82) is 0 Å². The quantitative estimate of drug-likeness (QED) is 0.908. The van der Waals surface area contributed by atoms with Gasteiger partial charge in [-0.1, -0.05) is 30.3 Å². The monoisotopic (exact) mass is 335 g/mol. The van der Waals surface area contributed by atoms with Crippen LogP contribution < -0.4 is 5.73 Å². The van der Waals surface area contributed by atoms with Crippen molar-refractivity contribution in [2.75, 3.05) is 13.7 Å². The average molecular weight is 335 g/mol. The molecule has 122 valence electrons. The Balaban J connectivity index is 2.01. The van der Waals surface area contributed by atoms with Gasteiger partial charge in [0.1, 0.15) is 5.82 Å². The SMILES string of the molecule is COC[C@@]1(N)[C@H](c2ccc(F)cc2)[C@@H]1S(=O)(=O)c1ccccc1. The summed E-state index contributed by atoms with van der Waals surface area (Å²) >= 11 is 0. The maximum absolute atomic E-state index is 13.1. The van der Waals surface area contributed by atoms with Gasteiger partial charge < -0.3 is 10.5 Å². The number of hydrogen-bond acceptors (Lipinski definition) is 4. The van der Waals surface area contributed by atoms with Crippen LogP contribution in [0.15, 0.2) is 59.5 Å². The van der Waals surface area contributed by atoms with Crippen LogP contribution in [0.2, 0.25) is 0 Å². The van der Waals surface area contributed by atoms with E-state index in [1.165, 1.54) is 19.2 Å². The standard InChI is InChI=1S/C17H18FNO3S/c1-22-11-17(19)15(12-7-9-13(18)10-8-12)16(17)23(20,21)14-5-3-2-4-6-14/h2-10,15-16H,11,19H2,1H3/t15-,16+,17-/m1/s1. The molecule has 0 aromatic heterocycles. The number of ether oxygens (including phenoxy) is 1. The molecule has 0 heterocycles. The molecule has 0 radical (unpaired) electrons. The van der Waals surface area contributed by atoms with Crippen LogP contribution in [0.1, 0.15) is 11.5 Å². The molecular formula is C17H18FNO3S. The summed E-state index contributed by atoms with van der Waals surface area (Å²) in [6.07, 6.45) is 0. The predicted octanol–water partition coefficient (Wildman–Crippen LogP) is 2.11. The number of benzene rings is 2. The fourth-order valence-corrected chi connectivity index (χ4v) is 5.54. The topological polar surface area (TPSA) is 69.4 Å². The number of rotatable bonds is 5. The molecule has 3 atom stereocenters. The summed E-state index contributed by atoms with van der Waals surface area (Å²) in [6.45, 7) is 0.117. The molecule has 0 amide bonds. The van der Waals surface area contributed by atoms with Gasteiger partial charge in [0, 0.05) is 13.0 Å². The lowest BCUT2D eigenvalue weighted by atomic mass is 10.1. The first-order valence-electron chi connectivity index (χ1n) is 7.23. The molecule has 0 spiro atoms. The summed E-state index contributed by atoms with van der Waals surface area (Å²) in [5, 5.41) is -0.789. The predicted molar refractivity (Wildman–Crippen MR) is 85.4 cm³/mol. The van der Waals surface area contributed by atoms with Crippen molar-refractivity contribution in [3.63, 3.8) is 0 Å². The van der Waals surface area contributed by atoms with Crippen LogP contribution in [0.25, 0.3) is 0 Å². The molecule has 2 aromatic carbocycles. The summed E-state index contributed by atoms with van der Waals surface area (Å²) < 4.78 is 44.1. The van der Waals surface area contributed by atoms with Gasteiger partial charge in [-0.2, -0.15) is 0 Å². The molecule has 1 aliphatic carbocycles. The molecule has 2 N–H and O–H groups in total. The Labute approximate surface area is 135 Å². The second kappa shape index (κ2) is 5.70. The van der Waals surface area contributed by atoms with E-state index in [4.69, 9.17) is 10.5 Å². The van der Waals surface area contributed by atoms with Crippen LogP contribution in [0.4, 0.5) is 4.39 Å². The lowest BCUT2D eigenvalue weighted by Gasteiger charge is -2.11. The highest BCUT2D eigenvalue weighted by atomic mass is 32.2. The molecule has 1 saturated carbocycles. The fraction of sp³-hybridized carbons (Fsp3) is 0.294. The summed E-state index contributed by atoms with van der Waals surface area (Å²) in [4.78, 5) is 0.237. The first-order valence-corrected chi connectivity index (χ1v) is 8.78. The summed E-state index contributed by atoms with van der Waals surface area (Å²) in [5.41, 5.74) is 6.03. The van der Waals surface area contributed by atoms with Crippen molar-refractivity contribution < 1.29 is 17.5 Å². The van der Waals surface area contributed by atoms with Crippen LogP contribution in [0.3, 0.4) is 0 Å². The molecule has 0 bridgehead atoms. The van der Waals surface area contributed by atoms with Gasteiger partial charge in [-0.15, -0.1) is 0 Å². The second-order valence-corrected chi connectivity index (χ2v) is 7.92. The molecule has 6 heteroatoms. The molecule has 2 aromatic rings. The van der Waals surface area contributed by atoms with Crippen molar-refractivity contribution >= 4 is 9.84 Å². The van der Waals surface area contributed by atoms with Crippen molar-refractivity contribution in [2.24, 2.45) is 5.73 Å². The van der Waals surface area contributed by atoms with E-state index in [1.54, 1.807) is 42.5 Å². The molecule has 0 unspecified atom stereocenters. The van der Waals surface area contributed by atoms with Gasteiger partial charge in [-0.25, -0.2) is 12.8 Å². The van der Waals surface area contributed by atoms with Gasteiger partial charge in [0.2, 0.25) is 0 Å². The van der Waals surface area contributed by atoms with E-state index < -0.39 is 26.5 Å². The van der Waals surface area contributed by atoms with E-state index in [1.807, 2.05) is 0 Å². The van der Waals surface area contributed by atoms with E-state index in [9.17, 15) is 12.8 Å². The molecule has 0 aliphatic heterocycles. The summed E-state index contributed by atoms with van der Waals surface area (Å²) in [6, 6.07) is 14.0. The molecular weight excluding hydrogens is 317 g/mol. The van der Waals surface area contributed by atoms with E-state index in [-0.39, 0.29) is 17.3 Å². The zero-order valence-electron chi connectivity index (χ0n) is 12.6. The van der Waals surface area contributed by atoms with Gasteiger partial charge >= 0.3 is 0 Å². The zero-order chi connectivity index (χ0) is 16.7. The molecule has 4 nitrogen and oxygen atoms in total. The highest BCUT2D eigenvalue weighted by Gasteiger charge is 2.69. The van der Waals surface area contributed by atoms with Gasteiger partial charge in [-0.3, -0.25) is 0 Å². The molecule has 3 rings (SSSR count). The van der Waals surface area contributed by atoms with Crippen molar-refractivity contribution in [1.82, 2.24) is 0 Å². The molecule has 1 fully saturated rings. The van der Waals surface area contributed by atoms with Crippen molar-refractivity contribution in [2.45, 2.75) is 21.6 Å². The van der Waals surface area contributed by atoms with E-state index in [0.717, 1.165) is 0 Å². The number of hydrogen-bond donors (Lipinski definition) is 1. The van der Waals surface area contributed by atoms with E-state index >= 15 is 0 Å². The zero-order valence-corrected chi connectivity index (χ0v) is 13.5. The molecule has 0 saturated heterocycles. The normalized spacial score (nSPS) is 26.9. The minimum atomic E-state index is -3.60. The Morgan fingerprint density at radius 2 is 1.74 bits per heavy atom. The third kappa shape index (κ3) is 2.67. The Morgan fingerprint density at radius 3 is 2.30 bits per heavy atom. The van der Waals surface area contributed by atoms with Crippen LogP contribution in [-0.4, -0.2) is 32.9 Å². The van der Waals surface area contributed by atoms with Crippen LogP contribution in [0.5, 0.6) is 0 Å². The maximum atomic E-state index is 13.1. The van der Waals surface area contributed by atoms with Gasteiger partial charge in [0.05, 0.1) is 22.3 Å². The fourth-order valence-electron chi connectivity index (χ4n) is 3.22. The third-order valence-corrected chi connectivity index (χ3v) is 6.64.